The largest absolute Gasteiger partial charge is 0.489 e. The molecule has 0 fully saturated rings. The third-order valence-corrected chi connectivity index (χ3v) is 4.80. The van der Waals surface area contributed by atoms with Crippen LogP contribution in [0.3, 0.4) is 0 Å². The minimum atomic E-state index is -0.732. The van der Waals surface area contributed by atoms with Crippen molar-refractivity contribution in [2.24, 2.45) is 0 Å². The lowest BCUT2D eigenvalue weighted by atomic mass is 10.1. The Morgan fingerprint density at radius 3 is 2.64 bits per heavy atom. The fourth-order valence-corrected chi connectivity index (χ4v) is 3.32. The van der Waals surface area contributed by atoms with E-state index in [9.17, 15) is 14.4 Å². The summed E-state index contributed by atoms with van der Waals surface area (Å²) < 4.78 is 15.9. The molecule has 1 atom stereocenters. The molecule has 33 heavy (non-hydrogen) atoms. The highest BCUT2D eigenvalue weighted by molar-refractivity contribution is 5.89. The van der Waals surface area contributed by atoms with Gasteiger partial charge < -0.3 is 29.3 Å². The molecule has 1 amide bonds. The van der Waals surface area contributed by atoms with E-state index in [4.69, 9.17) is 14.2 Å². The van der Waals surface area contributed by atoms with E-state index in [-0.39, 0.29) is 6.61 Å². The van der Waals surface area contributed by atoms with Gasteiger partial charge in [0, 0.05) is 23.5 Å². The van der Waals surface area contributed by atoms with Gasteiger partial charge in [0.25, 0.3) is 0 Å². The number of alkyl carbamates (subject to hydrolysis) is 1. The van der Waals surface area contributed by atoms with Crippen LogP contribution in [0.1, 0.15) is 42.3 Å². The Balaban J connectivity index is 1.70. The maximum atomic E-state index is 12.0. The van der Waals surface area contributed by atoms with Gasteiger partial charge in [0.1, 0.15) is 24.2 Å². The van der Waals surface area contributed by atoms with Gasteiger partial charge in [0.2, 0.25) is 0 Å². The van der Waals surface area contributed by atoms with Crippen LogP contribution in [0, 0.1) is 0 Å². The Hall–Kier alpha value is -3.81. The van der Waals surface area contributed by atoms with Crippen molar-refractivity contribution in [2.75, 3.05) is 7.11 Å². The molecule has 0 unspecified atom stereocenters. The van der Waals surface area contributed by atoms with E-state index in [2.05, 4.69) is 10.3 Å². The van der Waals surface area contributed by atoms with Crippen molar-refractivity contribution in [1.29, 1.82) is 0 Å². The van der Waals surface area contributed by atoms with Crippen LogP contribution in [0.15, 0.2) is 48.7 Å². The molecule has 1 aromatic heterocycles. The number of fused-ring (bicyclic) bond motifs is 1. The first-order valence-electron chi connectivity index (χ1n) is 10.5. The number of hydrogen-bond acceptors (Lipinski definition) is 6. The Morgan fingerprint density at radius 2 is 1.94 bits per heavy atom. The normalized spacial score (nSPS) is 12.1. The second-order valence-corrected chi connectivity index (χ2v) is 8.59. The average Bonchev–Trinajstić information content (AvgIpc) is 3.17. The van der Waals surface area contributed by atoms with Gasteiger partial charge in [-0.2, -0.15) is 0 Å². The molecule has 8 heteroatoms. The Bertz CT molecular complexity index is 1150. The molecule has 174 valence electrons. The topological polar surface area (TPSA) is 107 Å². The van der Waals surface area contributed by atoms with E-state index in [1.54, 1.807) is 39.0 Å². The van der Waals surface area contributed by atoms with E-state index in [1.165, 1.54) is 7.11 Å². The van der Waals surface area contributed by atoms with Gasteiger partial charge in [-0.15, -0.1) is 0 Å². The summed E-state index contributed by atoms with van der Waals surface area (Å²) in [4.78, 5) is 38.5. The number of aromatic nitrogens is 1. The number of benzene rings is 2. The molecule has 0 bridgehead atoms. The number of aromatic amines is 1. The molecular formula is C25H28N2O6. The molecule has 3 rings (SSSR count). The number of hydrogen-bond donors (Lipinski definition) is 2. The predicted octanol–water partition coefficient (Wildman–Crippen LogP) is 4.17. The molecule has 0 radical (unpaired) electrons. The summed E-state index contributed by atoms with van der Waals surface area (Å²) in [6.07, 6.45) is 2.16. The molecule has 0 saturated heterocycles. The molecular weight excluding hydrogens is 424 g/mol. The number of rotatable bonds is 8. The van der Waals surface area contributed by atoms with Gasteiger partial charge >= 0.3 is 12.1 Å². The molecule has 1 heterocycles. The minimum absolute atomic E-state index is 0.271. The summed E-state index contributed by atoms with van der Waals surface area (Å²) in [7, 11) is 1.34. The van der Waals surface area contributed by atoms with Crippen molar-refractivity contribution in [2.45, 2.75) is 45.4 Å². The number of nitrogens with one attached hydrogen (secondary N) is 2. The number of esters is 1. The molecule has 2 N–H and O–H groups in total. The summed E-state index contributed by atoms with van der Waals surface area (Å²) in [6, 6.07) is 11.9. The summed E-state index contributed by atoms with van der Waals surface area (Å²) in [6.45, 7) is 5.55. The van der Waals surface area contributed by atoms with Crippen LogP contribution in [-0.4, -0.2) is 42.1 Å². The highest BCUT2D eigenvalue weighted by Crippen LogP contribution is 2.25. The molecule has 0 aliphatic heterocycles. The van der Waals surface area contributed by atoms with Crippen LogP contribution in [0.4, 0.5) is 4.79 Å². The van der Waals surface area contributed by atoms with E-state index in [0.717, 1.165) is 22.0 Å². The van der Waals surface area contributed by atoms with Crippen molar-refractivity contribution in [3.63, 3.8) is 0 Å². The van der Waals surface area contributed by atoms with Gasteiger partial charge in [-0.05, 0) is 62.2 Å². The summed E-state index contributed by atoms with van der Waals surface area (Å²) in [5.74, 6) is 0.231. The fraction of sp³-hybridized carbons (Fsp3) is 0.320. The zero-order valence-corrected chi connectivity index (χ0v) is 19.1. The van der Waals surface area contributed by atoms with Crippen LogP contribution < -0.4 is 10.1 Å². The SMILES string of the molecule is COC(=O)c1cccc(COc2ccc3[nH]cc(C[C@H](C=O)NC(=O)OC(C)(C)C)c3c2)c1. The van der Waals surface area contributed by atoms with Crippen molar-refractivity contribution < 1.29 is 28.6 Å². The number of aldehydes is 1. The standard InChI is InChI=1S/C25H28N2O6/c1-25(2,3)33-24(30)27-19(14-28)11-18-13-26-22-9-8-20(12-21(18)22)32-15-16-6-5-7-17(10-16)23(29)31-4/h5-10,12-14,19,26H,11,15H2,1-4H3,(H,27,30)/t19-/m1/s1. The Kier molecular flexibility index (Phi) is 7.37. The molecule has 0 aliphatic carbocycles. The van der Waals surface area contributed by atoms with Crippen molar-refractivity contribution in [3.8, 4) is 5.75 Å². The van der Waals surface area contributed by atoms with Crippen LogP contribution in [0.2, 0.25) is 0 Å². The first-order chi connectivity index (χ1) is 15.7. The van der Waals surface area contributed by atoms with E-state index in [1.807, 2.05) is 30.5 Å². The molecule has 8 nitrogen and oxygen atoms in total. The second kappa shape index (κ2) is 10.2. The summed E-state index contributed by atoms with van der Waals surface area (Å²) >= 11 is 0. The molecule has 0 aliphatic rings. The number of ether oxygens (including phenoxy) is 3. The van der Waals surface area contributed by atoms with Crippen LogP contribution >= 0.6 is 0 Å². The van der Waals surface area contributed by atoms with Gasteiger partial charge in [-0.25, -0.2) is 9.59 Å². The van der Waals surface area contributed by atoms with Crippen LogP contribution in [0.5, 0.6) is 5.75 Å². The minimum Gasteiger partial charge on any atom is -0.489 e. The number of methoxy groups -OCH3 is 1. The van der Waals surface area contributed by atoms with E-state index < -0.39 is 23.7 Å². The summed E-state index contributed by atoms with van der Waals surface area (Å²) in [5, 5.41) is 3.48. The van der Waals surface area contributed by atoms with Crippen molar-refractivity contribution in [1.82, 2.24) is 10.3 Å². The van der Waals surface area contributed by atoms with Crippen molar-refractivity contribution in [3.05, 3.63) is 65.4 Å². The lowest BCUT2D eigenvalue weighted by Gasteiger charge is -2.21. The van der Waals surface area contributed by atoms with Crippen LogP contribution in [-0.2, 0) is 27.3 Å². The average molecular weight is 453 g/mol. The van der Waals surface area contributed by atoms with E-state index in [0.29, 0.717) is 24.0 Å². The number of carbonyl (C=O) groups is 3. The highest BCUT2D eigenvalue weighted by Gasteiger charge is 2.20. The summed E-state index contributed by atoms with van der Waals surface area (Å²) in [5.41, 5.74) is 2.37. The lowest BCUT2D eigenvalue weighted by molar-refractivity contribution is -0.109. The fourth-order valence-electron chi connectivity index (χ4n) is 3.32. The lowest BCUT2D eigenvalue weighted by Crippen LogP contribution is -2.41. The zero-order valence-electron chi connectivity index (χ0n) is 19.1. The number of amides is 1. The van der Waals surface area contributed by atoms with E-state index >= 15 is 0 Å². The Labute approximate surface area is 192 Å². The maximum Gasteiger partial charge on any atom is 0.408 e. The second-order valence-electron chi connectivity index (χ2n) is 8.59. The van der Waals surface area contributed by atoms with Crippen molar-refractivity contribution >= 4 is 29.3 Å². The first kappa shape index (κ1) is 23.8. The molecule has 2 aromatic carbocycles. The van der Waals surface area contributed by atoms with Gasteiger partial charge in [-0.3, -0.25) is 0 Å². The Morgan fingerprint density at radius 1 is 1.15 bits per heavy atom. The van der Waals surface area contributed by atoms with Crippen LogP contribution in [0.25, 0.3) is 10.9 Å². The predicted molar refractivity (Wildman–Crippen MR) is 123 cm³/mol. The monoisotopic (exact) mass is 452 g/mol. The third-order valence-electron chi connectivity index (χ3n) is 4.80. The molecule has 0 saturated carbocycles. The first-order valence-corrected chi connectivity index (χ1v) is 10.5. The maximum absolute atomic E-state index is 12.0. The smallest absolute Gasteiger partial charge is 0.408 e. The quantitative estimate of drug-likeness (QED) is 0.392. The van der Waals surface area contributed by atoms with Gasteiger partial charge in [0.15, 0.2) is 0 Å². The molecule has 3 aromatic rings. The third kappa shape index (κ3) is 6.58. The van der Waals surface area contributed by atoms with Gasteiger partial charge in [0.05, 0.1) is 18.7 Å². The molecule has 0 spiro atoms. The van der Waals surface area contributed by atoms with Gasteiger partial charge in [-0.1, -0.05) is 12.1 Å². The number of carbonyl (C=O) groups excluding carboxylic acids is 3. The highest BCUT2D eigenvalue weighted by atomic mass is 16.6. The number of H-pyrrole nitrogens is 1. The zero-order chi connectivity index (χ0) is 24.0.